The average molecular weight is 404 g/mol. The summed E-state index contributed by atoms with van der Waals surface area (Å²) in [4.78, 5) is 24.1. The van der Waals surface area contributed by atoms with Crippen LogP contribution in [0.4, 0.5) is 0 Å². The van der Waals surface area contributed by atoms with E-state index in [0.717, 1.165) is 16.7 Å². The molecule has 5 heteroatoms. The summed E-state index contributed by atoms with van der Waals surface area (Å²) in [7, 11) is 0. The molecule has 3 aromatic carbocycles. The van der Waals surface area contributed by atoms with Gasteiger partial charge in [0.15, 0.2) is 6.61 Å². The van der Waals surface area contributed by atoms with Crippen LogP contribution in [-0.4, -0.2) is 25.2 Å². The summed E-state index contributed by atoms with van der Waals surface area (Å²) in [5, 5.41) is 0. The highest BCUT2D eigenvalue weighted by molar-refractivity contribution is 5.89. The van der Waals surface area contributed by atoms with E-state index in [1.807, 2.05) is 62.4 Å². The van der Waals surface area contributed by atoms with Gasteiger partial charge in [0.1, 0.15) is 11.5 Å². The number of aryl methyl sites for hydroxylation is 2. The van der Waals surface area contributed by atoms with Crippen LogP contribution < -0.4 is 9.47 Å². The van der Waals surface area contributed by atoms with Crippen LogP contribution in [0.1, 0.15) is 27.0 Å². The lowest BCUT2D eigenvalue weighted by Crippen LogP contribution is -2.17. The summed E-state index contributed by atoms with van der Waals surface area (Å²) in [5.41, 5.74) is 3.75. The molecule has 0 saturated carbocycles. The third kappa shape index (κ3) is 6.21. The van der Waals surface area contributed by atoms with E-state index in [1.54, 1.807) is 24.3 Å². The van der Waals surface area contributed by atoms with Crippen molar-refractivity contribution in [2.45, 2.75) is 20.3 Å². The van der Waals surface area contributed by atoms with Crippen molar-refractivity contribution in [1.82, 2.24) is 0 Å². The first-order valence-electron chi connectivity index (χ1n) is 9.73. The number of carbonyl (C=O) groups excluding carboxylic acids is 2. The van der Waals surface area contributed by atoms with E-state index in [4.69, 9.17) is 14.2 Å². The van der Waals surface area contributed by atoms with E-state index in [0.29, 0.717) is 30.1 Å². The second kappa shape index (κ2) is 10.3. The summed E-state index contributed by atoms with van der Waals surface area (Å²) >= 11 is 0. The normalized spacial score (nSPS) is 10.3. The fraction of sp³-hybridized carbons (Fsp3) is 0.200. The third-order valence-corrected chi connectivity index (χ3v) is 4.62. The predicted molar refractivity (Wildman–Crippen MR) is 114 cm³/mol. The molecule has 0 saturated heterocycles. The molecular formula is C25H24O5. The Morgan fingerprint density at radius 2 is 1.50 bits per heavy atom. The van der Waals surface area contributed by atoms with Crippen LogP contribution in [0.15, 0.2) is 72.8 Å². The van der Waals surface area contributed by atoms with E-state index < -0.39 is 11.9 Å². The van der Waals surface area contributed by atoms with Crippen LogP contribution >= 0.6 is 0 Å². The van der Waals surface area contributed by atoms with Gasteiger partial charge in [0.05, 0.1) is 12.2 Å². The van der Waals surface area contributed by atoms with Crippen molar-refractivity contribution in [1.29, 1.82) is 0 Å². The minimum Gasteiger partial charge on any atom is -0.482 e. The first-order valence-corrected chi connectivity index (χ1v) is 9.73. The molecule has 0 N–H and O–H groups in total. The minimum atomic E-state index is -0.522. The molecule has 0 aliphatic rings. The Bertz CT molecular complexity index is 994. The average Bonchev–Trinajstić information content (AvgIpc) is 2.76. The van der Waals surface area contributed by atoms with Crippen molar-refractivity contribution >= 4 is 11.9 Å². The van der Waals surface area contributed by atoms with Gasteiger partial charge in [-0.1, -0.05) is 36.4 Å². The molecule has 0 radical (unpaired) electrons. The number of hydrogen-bond donors (Lipinski definition) is 0. The number of ether oxygens (including phenoxy) is 3. The van der Waals surface area contributed by atoms with Crippen molar-refractivity contribution < 1.29 is 23.8 Å². The highest BCUT2D eigenvalue weighted by atomic mass is 16.6. The first kappa shape index (κ1) is 21.1. The number of esters is 2. The Kier molecular flexibility index (Phi) is 7.22. The summed E-state index contributed by atoms with van der Waals surface area (Å²) in [6.45, 7) is 4.09. The van der Waals surface area contributed by atoms with Crippen molar-refractivity contribution in [3.8, 4) is 11.5 Å². The maximum absolute atomic E-state index is 12.1. The van der Waals surface area contributed by atoms with Crippen molar-refractivity contribution in [3.63, 3.8) is 0 Å². The van der Waals surface area contributed by atoms with Crippen LogP contribution in [0.5, 0.6) is 11.5 Å². The van der Waals surface area contributed by atoms with E-state index in [2.05, 4.69) is 0 Å². The monoisotopic (exact) mass is 404 g/mol. The molecular weight excluding hydrogens is 380 g/mol. The molecule has 154 valence electrons. The fourth-order valence-electron chi connectivity index (χ4n) is 2.76. The van der Waals surface area contributed by atoms with E-state index in [-0.39, 0.29) is 6.61 Å². The number of rotatable bonds is 8. The summed E-state index contributed by atoms with van der Waals surface area (Å²) in [6, 6.07) is 21.7. The van der Waals surface area contributed by atoms with Gasteiger partial charge in [0.25, 0.3) is 0 Å². The van der Waals surface area contributed by atoms with E-state index in [9.17, 15) is 9.59 Å². The van der Waals surface area contributed by atoms with Crippen molar-refractivity contribution in [2.24, 2.45) is 0 Å². The molecule has 3 rings (SSSR count). The molecule has 0 bridgehead atoms. The summed E-state index contributed by atoms with van der Waals surface area (Å²) < 4.78 is 16.0. The third-order valence-electron chi connectivity index (χ3n) is 4.62. The zero-order valence-electron chi connectivity index (χ0n) is 17.1. The van der Waals surface area contributed by atoms with Gasteiger partial charge in [0.2, 0.25) is 0 Å². The first-order chi connectivity index (χ1) is 14.5. The molecule has 0 heterocycles. The van der Waals surface area contributed by atoms with Gasteiger partial charge in [-0.15, -0.1) is 0 Å². The molecule has 0 unspecified atom stereocenters. The number of benzene rings is 3. The van der Waals surface area contributed by atoms with Crippen LogP contribution in [0, 0.1) is 13.8 Å². The van der Waals surface area contributed by atoms with Gasteiger partial charge >= 0.3 is 11.9 Å². The minimum absolute atomic E-state index is 0.203. The molecule has 0 aromatic heterocycles. The Morgan fingerprint density at radius 1 is 0.800 bits per heavy atom. The zero-order valence-corrected chi connectivity index (χ0v) is 17.1. The van der Waals surface area contributed by atoms with Gasteiger partial charge in [-0.3, -0.25) is 0 Å². The number of carbonyl (C=O) groups is 2. The maximum atomic E-state index is 12.1. The Hall–Kier alpha value is -3.60. The second-order valence-corrected chi connectivity index (χ2v) is 6.90. The predicted octanol–water partition coefficient (Wildman–Crippen LogP) is 4.69. The molecule has 0 spiro atoms. The van der Waals surface area contributed by atoms with E-state index in [1.165, 1.54) is 0 Å². The molecule has 3 aromatic rings. The van der Waals surface area contributed by atoms with Gasteiger partial charge in [-0.05, 0) is 66.9 Å². The fourth-order valence-corrected chi connectivity index (χ4v) is 2.76. The molecule has 0 aliphatic heterocycles. The lowest BCUT2D eigenvalue weighted by atomic mass is 10.1. The second-order valence-electron chi connectivity index (χ2n) is 6.90. The topological polar surface area (TPSA) is 61.8 Å². The Morgan fingerprint density at radius 3 is 2.20 bits per heavy atom. The quantitative estimate of drug-likeness (QED) is 0.403. The molecule has 5 nitrogen and oxygen atoms in total. The standard InChI is InChI=1S/C25H24O5/c1-18-8-11-23(16-19(18)2)29-17-24(26)30-22-12-9-21(10-13-22)25(27)28-15-14-20-6-4-3-5-7-20/h3-13,16H,14-15,17H2,1-2H3. The van der Waals surface area contributed by atoms with Crippen LogP contribution in [0.2, 0.25) is 0 Å². The van der Waals surface area contributed by atoms with Crippen LogP contribution in [0.3, 0.4) is 0 Å². The molecule has 0 atom stereocenters. The van der Waals surface area contributed by atoms with Gasteiger partial charge in [0, 0.05) is 6.42 Å². The van der Waals surface area contributed by atoms with Crippen molar-refractivity contribution in [3.05, 3.63) is 95.1 Å². The summed E-state index contributed by atoms with van der Waals surface area (Å²) in [6.07, 6.45) is 0.656. The summed E-state index contributed by atoms with van der Waals surface area (Å²) in [5.74, 6) is 0.0152. The Labute approximate surface area is 176 Å². The molecule has 0 amide bonds. The lowest BCUT2D eigenvalue weighted by molar-refractivity contribution is -0.136. The largest absolute Gasteiger partial charge is 0.482 e. The van der Waals surface area contributed by atoms with E-state index >= 15 is 0 Å². The molecule has 0 aliphatic carbocycles. The van der Waals surface area contributed by atoms with Gasteiger partial charge in [-0.25, -0.2) is 9.59 Å². The van der Waals surface area contributed by atoms with Crippen LogP contribution in [-0.2, 0) is 16.0 Å². The lowest BCUT2D eigenvalue weighted by Gasteiger charge is -2.09. The number of hydrogen-bond acceptors (Lipinski definition) is 5. The Balaban J connectivity index is 1.44. The van der Waals surface area contributed by atoms with Crippen LogP contribution in [0.25, 0.3) is 0 Å². The van der Waals surface area contributed by atoms with Gasteiger partial charge in [-0.2, -0.15) is 0 Å². The zero-order chi connectivity index (χ0) is 21.3. The highest BCUT2D eigenvalue weighted by Gasteiger charge is 2.10. The smallest absolute Gasteiger partial charge is 0.349 e. The van der Waals surface area contributed by atoms with Gasteiger partial charge < -0.3 is 14.2 Å². The highest BCUT2D eigenvalue weighted by Crippen LogP contribution is 2.17. The van der Waals surface area contributed by atoms with Crippen molar-refractivity contribution in [2.75, 3.05) is 13.2 Å². The molecule has 0 fully saturated rings. The SMILES string of the molecule is Cc1ccc(OCC(=O)Oc2ccc(C(=O)OCCc3ccccc3)cc2)cc1C. The molecule has 30 heavy (non-hydrogen) atoms. The maximum Gasteiger partial charge on any atom is 0.349 e.